The number of rotatable bonds is 7. The lowest BCUT2D eigenvalue weighted by atomic mass is 10.1. The number of nitrogens with zero attached hydrogens (tertiary/aromatic N) is 2. The number of nitro benzene ring substituents is 1. The van der Waals surface area contributed by atoms with Gasteiger partial charge in [0.2, 0.25) is 0 Å². The largest absolute Gasteiger partial charge is 0.396 e. The first-order chi connectivity index (χ1) is 9.47. The number of nitro groups is 1. The third kappa shape index (κ3) is 4.20. The van der Waals surface area contributed by atoms with Gasteiger partial charge in [-0.15, -0.1) is 0 Å². The van der Waals surface area contributed by atoms with Crippen LogP contribution >= 0.6 is 0 Å². The maximum Gasteiger partial charge on any atom is 0.292 e. The molecule has 0 fully saturated rings. The molecule has 0 saturated carbocycles. The number of nitrogens with one attached hydrogen (secondary N) is 1. The van der Waals surface area contributed by atoms with Crippen LogP contribution in [0.15, 0.2) is 18.2 Å². The number of benzene rings is 1. The van der Waals surface area contributed by atoms with Crippen LogP contribution in [0.3, 0.4) is 0 Å². The molecule has 20 heavy (non-hydrogen) atoms. The van der Waals surface area contributed by atoms with Gasteiger partial charge in [-0.1, -0.05) is 0 Å². The number of aliphatic hydroxyl groups excluding tert-OH is 1. The van der Waals surface area contributed by atoms with Gasteiger partial charge in [0.15, 0.2) is 0 Å². The fourth-order valence-electron chi connectivity index (χ4n) is 1.69. The summed E-state index contributed by atoms with van der Waals surface area (Å²) in [6.45, 7) is 0.587. The van der Waals surface area contributed by atoms with Crippen molar-refractivity contribution < 1.29 is 14.8 Å². The average molecular weight is 281 g/mol. The molecule has 0 aliphatic rings. The minimum Gasteiger partial charge on any atom is -0.396 e. The molecule has 0 spiro atoms. The summed E-state index contributed by atoms with van der Waals surface area (Å²) in [5, 5.41) is 22.6. The fraction of sp³-hybridized carbons (Fsp3) is 0.462. The van der Waals surface area contributed by atoms with Crippen molar-refractivity contribution in [3.63, 3.8) is 0 Å². The Morgan fingerprint density at radius 2 is 2.10 bits per heavy atom. The van der Waals surface area contributed by atoms with Gasteiger partial charge in [-0.3, -0.25) is 14.9 Å². The highest BCUT2D eigenvalue weighted by atomic mass is 16.6. The summed E-state index contributed by atoms with van der Waals surface area (Å²) in [4.78, 5) is 23.7. The molecule has 1 aromatic rings. The molecule has 0 unspecified atom stereocenters. The van der Waals surface area contributed by atoms with Crippen LogP contribution in [0.1, 0.15) is 23.2 Å². The maximum absolute atomic E-state index is 11.8. The minimum atomic E-state index is -0.488. The van der Waals surface area contributed by atoms with Crippen LogP contribution in [-0.2, 0) is 0 Å². The van der Waals surface area contributed by atoms with Gasteiger partial charge in [-0.05, 0) is 25.0 Å². The van der Waals surface area contributed by atoms with Crippen molar-refractivity contribution in [2.45, 2.75) is 12.8 Å². The van der Waals surface area contributed by atoms with E-state index in [0.29, 0.717) is 30.6 Å². The molecule has 1 aromatic carbocycles. The molecule has 0 radical (unpaired) electrons. The smallest absolute Gasteiger partial charge is 0.292 e. The topological polar surface area (TPSA) is 95.7 Å². The van der Waals surface area contributed by atoms with E-state index in [1.807, 2.05) is 0 Å². The average Bonchev–Trinajstić information content (AvgIpc) is 2.42. The lowest BCUT2D eigenvalue weighted by Crippen LogP contribution is -2.21. The predicted molar refractivity (Wildman–Crippen MR) is 75.9 cm³/mol. The SMILES string of the molecule is CN(C)C(=O)c1ccc([N+](=O)[O-])c(NCCCCO)c1. The molecule has 7 nitrogen and oxygen atoms in total. The van der Waals surface area contributed by atoms with Gasteiger partial charge in [-0.25, -0.2) is 0 Å². The van der Waals surface area contributed by atoms with Crippen LogP contribution in [0.25, 0.3) is 0 Å². The zero-order valence-electron chi connectivity index (χ0n) is 11.6. The van der Waals surface area contributed by atoms with Crippen molar-refractivity contribution in [3.8, 4) is 0 Å². The van der Waals surface area contributed by atoms with E-state index >= 15 is 0 Å². The molecule has 1 rings (SSSR count). The third-order valence-corrected chi connectivity index (χ3v) is 2.75. The molecule has 7 heteroatoms. The highest BCUT2D eigenvalue weighted by Crippen LogP contribution is 2.26. The van der Waals surface area contributed by atoms with Gasteiger partial charge < -0.3 is 15.3 Å². The van der Waals surface area contributed by atoms with E-state index in [9.17, 15) is 14.9 Å². The zero-order valence-corrected chi connectivity index (χ0v) is 11.6. The van der Waals surface area contributed by atoms with Gasteiger partial charge in [0, 0.05) is 38.9 Å². The predicted octanol–water partition coefficient (Wildman–Crippen LogP) is 1.48. The molecule has 0 atom stereocenters. The lowest BCUT2D eigenvalue weighted by Gasteiger charge is -2.12. The Kier molecular flexibility index (Phi) is 5.92. The number of unbranched alkanes of at least 4 members (excludes halogenated alkanes) is 1. The van der Waals surface area contributed by atoms with Crippen LogP contribution in [0, 0.1) is 10.1 Å². The van der Waals surface area contributed by atoms with Crippen molar-refractivity contribution in [3.05, 3.63) is 33.9 Å². The highest BCUT2D eigenvalue weighted by molar-refractivity contribution is 5.95. The molecule has 0 aliphatic carbocycles. The minimum absolute atomic E-state index is 0.0655. The second kappa shape index (κ2) is 7.44. The molecule has 0 heterocycles. The van der Waals surface area contributed by atoms with Gasteiger partial charge in [0.05, 0.1) is 4.92 Å². The van der Waals surface area contributed by atoms with E-state index < -0.39 is 4.92 Å². The van der Waals surface area contributed by atoms with Crippen molar-refractivity contribution in [1.82, 2.24) is 4.90 Å². The third-order valence-electron chi connectivity index (χ3n) is 2.75. The van der Waals surface area contributed by atoms with E-state index in [0.717, 1.165) is 0 Å². The second-order valence-electron chi connectivity index (χ2n) is 4.55. The fourth-order valence-corrected chi connectivity index (χ4v) is 1.69. The van der Waals surface area contributed by atoms with Crippen molar-refractivity contribution in [2.24, 2.45) is 0 Å². The summed E-state index contributed by atoms with van der Waals surface area (Å²) < 4.78 is 0. The normalized spacial score (nSPS) is 10.2. The molecule has 0 aromatic heterocycles. The first-order valence-corrected chi connectivity index (χ1v) is 6.32. The molecule has 0 saturated heterocycles. The van der Waals surface area contributed by atoms with Crippen LogP contribution in [0.5, 0.6) is 0 Å². The van der Waals surface area contributed by atoms with Gasteiger partial charge >= 0.3 is 0 Å². The Morgan fingerprint density at radius 1 is 1.40 bits per heavy atom. The van der Waals surface area contributed by atoms with Crippen molar-refractivity contribution >= 4 is 17.3 Å². The van der Waals surface area contributed by atoms with E-state index in [-0.39, 0.29) is 18.2 Å². The summed E-state index contributed by atoms with van der Waals surface area (Å²) in [6, 6.07) is 4.25. The van der Waals surface area contributed by atoms with Crippen LogP contribution in [-0.4, -0.2) is 48.1 Å². The summed E-state index contributed by atoms with van der Waals surface area (Å²) in [5.41, 5.74) is 0.648. The number of hydrogen-bond donors (Lipinski definition) is 2. The summed E-state index contributed by atoms with van der Waals surface area (Å²) in [7, 11) is 3.25. The van der Waals surface area contributed by atoms with Gasteiger partial charge in [0.1, 0.15) is 5.69 Å². The van der Waals surface area contributed by atoms with Crippen LogP contribution in [0.2, 0.25) is 0 Å². The summed E-state index contributed by atoms with van der Waals surface area (Å²) >= 11 is 0. The Morgan fingerprint density at radius 3 is 2.65 bits per heavy atom. The number of hydrogen-bond acceptors (Lipinski definition) is 5. The zero-order chi connectivity index (χ0) is 15.1. The molecule has 0 bridgehead atoms. The van der Waals surface area contributed by atoms with Crippen molar-refractivity contribution in [2.75, 3.05) is 32.6 Å². The van der Waals surface area contributed by atoms with E-state index in [1.165, 1.54) is 23.1 Å². The van der Waals surface area contributed by atoms with Crippen molar-refractivity contribution in [1.29, 1.82) is 0 Å². The summed E-state index contributed by atoms with van der Waals surface area (Å²) in [6.07, 6.45) is 1.32. The van der Waals surface area contributed by atoms with Crippen LogP contribution in [0.4, 0.5) is 11.4 Å². The Hall–Kier alpha value is -2.15. The molecule has 110 valence electrons. The Balaban J connectivity index is 2.94. The number of anilines is 1. The number of aliphatic hydroxyl groups is 1. The van der Waals surface area contributed by atoms with E-state index in [2.05, 4.69) is 5.32 Å². The Bertz CT molecular complexity index is 489. The monoisotopic (exact) mass is 281 g/mol. The quantitative estimate of drug-likeness (QED) is 0.448. The first-order valence-electron chi connectivity index (χ1n) is 6.32. The molecule has 0 aliphatic heterocycles. The maximum atomic E-state index is 11.8. The lowest BCUT2D eigenvalue weighted by molar-refractivity contribution is -0.384. The second-order valence-corrected chi connectivity index (χ2v) is 4.55. The molecular formula is C13H19N3O4. The van der Waals surface area contributed by atoms with Crippen LogP contribution < -0.4 is 5.32 Å². The molecule has 1 amide bonds. The number of amides is 1. The first kappa shape index (κ1) is 15.9. The van der Waals surface area contributed by atoms with Gasteiger partial charge in [-0.2, -0.15) is 0 Å². The number of carbonyl (C=O) groups is 1. The Labute approximate surface area is 117 Å². The summed E-state index contributed by atoms with van der Waals surface area (Å²) in [5.74, 6) is -0.210. The molecule has 2 N–H and O–H groups in total. The number of carbonyl (C=O) groups excluding carboxylic acids is 1. The van der Waals surface area contributed by atoms with Gasteiger partial charge in [0.25, 0.3) is 11.6 Å². The van der Waals surface area contributed by atoms with E-state index in [1.54, 1.807) is 14.1 Å². The van der Waals surface area contributed by atoms with E-state index in [4.69, 9.17) is 5.11 Å². The standard InChI is InChI=1S/C13H19N3O4/c1-15(2)13(18)10-5-6-12(16(19)20)11(9-10)14-7-3-4-8-17/h5-6,9,14,17H,3-4,7-8H2,1-2H3. The highest BCUT2D eigenvalue weighted by Gasteiger charge is 2.17. The molecular weight excluding hydrogens is 262 g/mol.